The fourth-order valence-electron chi connectivity index (χ4n) is 5.14. The summed E-state index contributed by atoms with van der Waals surface area (Å²) in [5, 5.41) is 0. The van der Waals surface area contributed by atoms with Crippen LogP contribution in [0, 0.1) is 6.92 Å². The minimum atomic E-state index is 0.0278. The van der Waals surface area contributed by atoms with Crippen LogP contribution in [0.4, 0.5) is 5.69 Å². The van der Waals surface area contributed by atoms with Crippen molar-refractivity contribution in [2.45, 2.75) is 6.92 Å². The first-order valence-electron chi connectivity index (χ1n) is 12.7. The third kappa shape index (κ3) is 4.67. The number of benzene rings is 3. The van der Waals surface area contributed by atoms with Crippen LogP contribution >= 0.6 is 0 Å². The van der Waals surface area contributed by atoms with Crippen LogP contribution in [0.15, 0.2) is 78.9 Å². The van der Waals surface area contributed by atoms with E-state index in [1.807, 2.05) is 72.5 Å². The molecule has 3 aromatic carbocycles. The number of methoxy groups -OCH3 is 3. The van der Waals surface area contributed by atoms with Crippen LogP contribution < -0.4 is 19.1 Å². The Morgan fingerprint density at radius 3 is 2.05 bits per heavy atom. The standard InChI is InChI=1S/C31H33N3O4/c1-22-25(31(35)33-18-16-32(17-19-33)26-12-8-9-13-29(26)37-3)21-27(23-10-6-5-7-11-23)34(22)28-20-24(36-2)14-15-30(28)38-4/h5-15,20-21H,16-19H2,1-4H3. The fraction of sp³-hybridized carbons (Fsp3) is 0.258. The molecule has 0 spiro atoms. The first-order valence-corrected chi connectivity index (χ1v) is 12.7. The maximum atomic E-state index is 13.9. The smallest absolute Gasteiger partial charge is 0.255 e. The zero-order valence-electron chi connectivity index (χ0n) is 22.3. The van der Waals surface area contributed by atoms with Gasteiger partial charge in [-0.3, -0.25) is 4.79 Å². The monoisotopic (exact) mass is 511 g/mol. The third-order valence-electron chi connectivity index (χ3n) is 7.17. The minimum Gasteiger partial charge on any atom is -0.497 e. The first-order chi connectivity index (χ1) is 18.5. The Morgan fingerprint density at radius 1 is 0.711 bits per heavy atom. The van der Waals surface area contributed by atoms with Gasteiger partial charge in [0.2, 0.25) is 0 Å². The van der Waals surface area contributed by atoms with Gasteiger partial charge in [0.15, 0.2) is 0 Å². The number of para-hydroxylation sites is 2. The lowest BCUT2D eigenvalue weighted by molar-refractivity contribution is 0.0746. The van der Waals surface area contributed by atoms with E-state index in [-0.39, 0.29) is 5.91 Å². The summed E-state index contributed by atoms with van der Waals surface area (Å²) in [4.78, 5) is 18.1. The first kappa shape index (κ1) is 25.3. The van der Waals surface area contributed by atoms with E-state index in [0.717, 1.165) is 47.2 Å². The number of nitrogens with zero attached hydrogens (tertiary/aromatic N) is 3. The average molecular weight is 512 g/mol. The van der Waals surface area contributed by atoms with Gasteiger partial charge in [0.05, 0.1) is 44.0 Å². The number of piperazine rings is 1. The molecule has 0 saturated carbocycles. The van der Waals surface area contributed by atoms with E-state index in [4.69, 9.17) is 14.2 Å². The van der Waals surface area contributed by atoms with Gasteiger partial charge < -0.3 is 28.6 Å². The number of amides is 1. The Kier molecular flexibility index (Phi) is 7.26. The summed E-state index contributed by atoms with van der Waals surface area (Å²) < 4.78 is 18.9. The zero-order chi connectivity index (χ0) is 26.6. The highest BCUT2D eigenvalue weighted by Crippen LogP contribution is 2.36. The highest BCUT2D eigenvalue weighted by Gasteiger charge is 2.28. The summed E-state index contributed by atoms with van der Waals surface area (Å²) in [6, 6.07) is 25.8. The number of anilines is 1. The minimum absolute atomic E-state index is 0.0278. The normalized spacial score (nSPS) is 13.4. The Bertz CT molecular complexity index is 1420. The van der Waals surface area contributed by atoms with E-state index in [9.17, 15) is 4.79 Å². The third-order valence-corrected chi connectivity index (χ3v) is 7.17. The molecule has 0 unspecified atom stereocenters. The average Bonchev–Trinajstić information content (AvgIpc) is 3.33. The van der Waals surface area contributed by atoms with Crippen molar-refractivity contribution in [2.24, 2.45) is 0 Å². The molecule has 0 N–H and O–H groups in total. The Balaban J connectivity index is 1.50. The topological polar surface area (TPSA) is 56.2 Å². The Labute approximate surface area is 223 Å². The molecule has 0 bridgehead atoms. The Hall–Kier alpha value is -4.39. The summed E-state index contributed by atoms with van der Waals surface area (Å²) in [5.74, 6) is 2.29. The number of hydrogen-bond acceptors (Lipinski definition) is 5. The van der Waals surface area contributed by atoms with Crippen LogP contribution in [0.3, 0.4) is 0 Å². The van der Waals surface area contributed by atoms with Crippen molar-refractivity contribution in [3.63, 3.8) is 0 Å². The van der Waals surface area contributed by atoms with Crippen molar-refractivity contribution in [3.05, 3.63) is 90.1 Å². The number of carbonyl (C=O) groups excluding carboxylic acids is 1. The maximum absolute atomic E-state index is 13.9. The predicted molar refractivity (Wildman–Crippen MR) is 150 cm³/mol. The highest BCUT2D eigenvalue weighted by molar-refractivity contribution is 5.97. The molecule has 1 saturated heterocycles. The van der Waals surface area contributed by atoms with Crippen molar-refractivity contribution in [1.29, 1.82) is 0 Å². The molecule has 196 valence electrons. The van der Waals surface area contributed by atoms with Gasteiger partial charge in [0.1, 0.15) is 17.2 Å². The number of aromatic nitrogens is 1. The maximum Gasteiger partial charge on any atom is 0.255 e. The van der Waals surface area contributed by atoms with Crippen LogP contribution in [0.25, 0.3) is 16.9 Å². The van der Waals surface area contributed by atoms with Gasteiger partial charge in [0, 0.05) is 37.9 Å². The lowest BCUT2D eigenvalue weighted by Crippen LogP contribution is -2.49. The molecule has 1 aliphatic rings. The number of hydrogen-bond donors (Lipinski definition) is 0. The molecule has 0 atom stereocenters. The van der Waals surface area contributed by atoms with E-state index in [1.54, 1.807) is 21.3 Å². The van der Waals surface area contributed by atoms with Crippen LogP contribution in [0.1, 0.15) is 16.1 Å². The summed E-state index contributed by atoms with van der Waals surface area (Å²) in [7, 11) is 4.99. The molecule has 2 heterocycles. The number of ether oxygens (including phenoxy) is 3. The lowest BCUT2D eigenvalue weighted by atomic mass is 10.1. The lowest BCUT2D eigenvalue weighted by Gasteiger charge is -2.36. The van der Waals surface area contributed by atoms with E-state index in [2.05, 4.69) is 27.7 Å². The molecule has 0 aliphatic carbocycles. The zero-order valence-corrected chi connectivity index (χ0v) is 22.3. The SMILES string of the molecule is COc1ccc(OC)c(-n2c(-c3ccccc3)cc(C(=O)N3CCN(c4ccccc4OC)CC3)c2C)c1. The van der Waals surface area contributed by atoms with E-state index >= 15 is 0 Å². The molecular formula is C31H33N3O4. The van der Waals surface area contributed by atoms with Crippen molar-refractivity contribution in [3.8, 4) is 34.2 Å². The second kappa shape index (κ2) is 10.9. The van der Waals surface area contributed by atoms with Crippen molar-refractivity contribution in [1.82, 2.24) is 9.47 Å². The van der Waals surface area contributed by atoms with Crippen LogP contribution in [-0.2, 0) is 0 Å². The van der Waals surface area contributed by atoms with Crippen LogP contribution in [0.2, 0.25) is 0 Å². The molecule has 4 aromatic rings. The summed E-state index contributed by atoms with van der Waals surface area (Å²) in [6.07, 6.45) is 0. The quantitative estimate of drug-likeness (QED) is 0.331. The molecule has 7 nitrogen and oxygen atoms in total. The molecule has 1 aromatic heterocycles. The summed E-state index contributed by atoms with van der Waals surface area (Å²) >= 11 is 0. The van der Waals surface area contributed by atoms with E-state index in [1.165, 1.54) is 0 Å². The fourth-order valence-corrected chi connectivity index (χ4v) is 5.14. The van der Waals surface area contributed by atoms with Crippen LogP contribution in [-0.4, -0.2) is 62.9 Å². The molecule has 38 heavy (non-hydrogen) atoms. The predicted octanol–water partition coefficient (Wildman–Crippen LogP) is 5.44. The van der Waals surface area contributed by atoms with E-state index in [0.29, 0.717) is 30.2 Å². The van der Waals surface area contributed by atoms with Crippen molar-refractivity contribution in [2.75, 3.05) is 52.4 Å². The van der Waals surface area contributed by atoms with Gasteiger partial charge in [-0.25, -0.2) is 0 Å². The molecule has 0 radical (unpaired) electrons. The molecule has 1 aliphatic heterocycles. The van der Waals surface area contributed by atoms with Gasteiger partial charge in [-0.2, -0.15) is 0 Å². The molecule has 1 fully saturated rings. The van der Waals surface area contributed by atoms with Gasteiger partial charge in [-0.1, -0.05) is 42.5 Å². The molecule has 7 heteroatoms. The molecule has 1 amide bonds. The molecule has 5 rings (SSSR count). The number of carbonyl (C=O) groups is 1. The Morgan fingerprint density at radius 2 is 1.37 bits per heavy atom. The van der Waals surface area contributed by atoms with Gasteiger partial charge in [0.25, 0.3) is 5.91 Å². The van der Waals surface area contributed by atoms with Crippen LogP contribution in [0.5, 0.6) is 17.2 Å². The summed E-state index contributed by atoms with van der Waals surface area (Å²) in [6.45, 7) is 4.72. The van der Waals surface area contributed by atoms with Crippen molar-refractivity contribution < 1.29 is 19.0 Å². The molecular weight excluding hydrogens is 478 g/mol. The summed E-state index contributed by atoms with van der Waals surface area (Å²) in [5.41, 5.74) is 5.35. The van der Waals surface area contributed by atoms with Crippen molar-refractivity contribution >= 4 is 11.6 Å². The largest absolute Gasteiger partial charge is 0.497 e. The second-order valence-electron chi connectivity index (χ2n) is 9.22. The highest BCUT2D eigenvalue weighted by atomic mass is 16.5. The number of rotatable bonds is 7. The second-order valence-corrected chi connectivity index (χ2v) is 9.22. The van der Waals surface area contributed by atoms with Gasteiger partial charge >= 0.3 is 0 Å². The van der Waals surface area contributed by atoms with E-state index < -0.39 is 0 Å². The van der Waals surface area contributed by atoms with Gasteiger partial charge in [-0.05, 0) is 42.8 Å². The van der Waals surface area contributed by atoms with Gasteiger partial charge in [-0.15, -0.1) is 0 Å².